The lowest BCUT2D eigenvalue weighted by molar-refractivity contribution is -0.104. The Balaban J connectivity index is 3.49. The van der Waals surface area contributed by atoms with Crippen molar-refractivity contribution < 1.29 is 4.79 Å². The molecular weight excluding hydrogens is 90.1 g/mol. The van der Waals surface area contributed by atoms with Gasteiger partial charge in [-0.1, -0.05) is 6.92 Å². The van der Waals surface area contributed by atoms with Crippen molar-refractivity contribution in [2.45, 2.75) is 13.3 Å². The van der Waals surface area contributed by atoms with E-state index in [0.717, 1.165) is 6.42 Å². The van der Waals surface area contributed by atoms with Crippen molar-refractivity contribution in [2.75, 3.05) is 0 Å². The molecule has 0 heterocycles. The summed E-state index contributed by atoms with van der Waals surface area (Å²) in [6, 6.07) is 0. The predicted molar refractivity (Wildman–Crippen MR) is 28.6 cm³/mol. The quantitative estimate of drug-likeness (QED) is 0.403. The molecule has 0 spiro atoms. The fourth-order valence-corrected chi connectivity index (χ4v) is 0.205. The molecule has 0 radical (unpaired) electrons. The molecule has 0 aliphatic carbocycles. The van der Waals surface area contributed by atoms with Gasteiger partial charge in [0.25, 0.3) is 0 Å². The Kier molecular flexibility index (Phi) is 3.02. The molecule has 0 bridgehead atoms. The number of carbonyl (C=O) groups is 1. The van der Waals surface area contributed by atoms with Crippen LogP contribution in [0.3, 0.4) is 0 Å². The van der Waals surface area contributed by atoms with Crippen molar-refractivity contribution in [3.05, 3.63) is 11.8 Å². The maximum absolute atomic E-state index is 9.62. The molecule has 0 rings (SSSR count). The van der Waals surface area contributed by atoms with Crippen LogP contribution in [0.1, 0.15) is 13.3 Å². The van der Waals surface area contributed by atoms with Gasteiger partial charge in [-0.05, 0) is 12.5 Å². The van der Waals surface area contributed by atoms with Gasteiger partial charge in [0.2, 0.25) is 0 Å². The molecular formula is C5H9NO. The monoisotopic (exact) mass is 99.1 g/mol. The number of rotatable bonds is 2. The summed E-state index contributed by atoms with van der Waals surface area (Å²) in [5.74, 6) is 0. The zero-order valence-corrected chi connectivity index (χ0v) is 4.35. The molecule has 2 N–H and O–H groups in total. The number of hydrogen-bond donors (Lipinski definition) is 1. The van der Waals surface area contributed by atoms with Gasteiger partial charge in [-0.2, -0.15) is 0 Å². The highest BCUT2D eigenvalue weighted by Crippen LogP contribution is 1.84. The van der Waals surface area contributed by atoms with Crippen LogP contribution in [-0.2, 0) is 4.79 Å². The van der Waals surface area contributed by atoms with Crippen LogP contribution < -0.4 is 5.73 Å². The summed E-state index contributed by atoms with van der Waals surface area (Å²) in [6.45, 7) is 1.90. The second-order valence-electron chi connectivity index (χ2n) is 1.23. The molecule has 0 amide bonds. The molecule has 0 unspecified atom stereocenters. The fraction of sp³-hybridized carbons (Fsp3) is 0.400. The smallest absolute Gasteiger partial charge is 0.144 e. The molecule has 2 heteroatoms. The van der Waals surface area contributed by atoms with Gasteiger partial charge >= 0.3 is 0 Å². The second kappa shape index (κ2) is 3.40. The van der Waals surface area contributed by atoms with Crippen LogP contribution in [0.25, 0.3) is 0 Å². The topological polar surface area (TPSA) is 43.1 Å². The van der Waals surface area contributed by atoms with Crippen molar-refractivity contribution >= 4 is 6.29 Å². The number of aldehydes is 1. The Labute approximate surface area is 43.0 Å². The Bertz CT molecular complexity index is 86.1. The standard InChI is InChI=1S/C5H9NO/c1-2-5(6)3-4-7/h3-4H,2,6H2,1H3. The van der Waals surface area contributed by atoms with Gasteiger partial charge < -0.3 is 5.73 Å². The van der Waals surface area contributed by atoms with E-state index in [1.165, 1.54) is 6.08 Å². The molecule has 0 aromatic rings. The largest absolute Gasteiger partial charge is 0.402 e. The lowest BCUT2D eigenvalue weighted by atomic mass is 10.3. The molecule has 0 fully saturated rings. The summed E-state index contributed by atoms with van der Waals surface area (Å²) < 4.78 is 0. The van der Waals surface area contributed by atoms with E-state index in [0.29, 0.717) is 12.0 Å². The first-order chi connectivity index (χ1) is 3.31. The van der Waals surface area contributed by atoms with Crippen LogP contribution in [-0.4, -0.2) is 6.29 Å². The average Bonchev–Trinajstić information content (AvgIpc) is 1.68. The summed E-state index contributed by atoms with van der Waals surface area (Å²) in [5.41, 5.74) is 5.85. The third kappa shape index (κ3) is 3.03. The highest BCUT2D eigenvalue weighted by molar-refractivity contribution is 5.65. The van der Waals surface area contributed by atoms with Crippen molar-refractivity contribution in [1.82, 2.24) is 0 Å². The molecule has 0 saturated carbocycles. The molecule has 0 saturated heterocycles. The van der Waals surface area contributed by atoms with Crippen molar-refractivity contribution in [3.8, 4) is 0 Å². The van der Waals surface area contributed by atoms with E-state index in [9.17, 15) is 4.79 Å². The predicted octanol–water partition coefficient (Wildman–Crippen LogP) is 0.438. The molecule has 0 aromatic carbocycles. The average molecular weight is 99.1 g/mol. The Hall–Kier alpha value is -0.790. The van der Waals surface area contributed by atoms with Crippen LogP contribution >= 0.6 is 0 Å². The Morgan fingerprint density at radius 2 is 2.43 bits per heavy atom. The van der Waals surface area contributed by atoms with Crippen LogP contribution in [0.15, 0.2) is 11.8 Å². The SMILES string of the molecule is CCC(N)=CC=O. The van der Waals surface area contributed by atoms with Crippen LogP contribution in [0.5, 0.6) is 0 Å². The third-order valence-electron chi connectivity index (χ3n) is 0.690. The first-order valence-electron chi connectivity index (χ1n) is 2.21. The van der Waals surface area contributed by atoms with Crippen LogP contribution in [0.4, 0.5) is 0 Å². The molecule has 2 nitrogen and oxygen atoms in total. The Morgan fingerprint density at radius 1 is 1.86 bits per heavy atom. The number of allylic oxidation sites excluding steroid dienone is 2. The zero-order chi connectivity index (χ0) is 5.70. The summed E-state index contributed by atoms with van der Waals surface area (Å²) in [4.78, 5) is 9.62. The second-order valence-corrected chi connectivity index (χ2v) is 1.23. The van der Waals surface area contributed by atoms with E-state index in [1.807, 2.05) is 6.92 Å². The highest BCUT2D eigenvalue weighted by Gasteiger charge is 1.77. The van der Waals surface area contributed by atoms with Crippen molar-refractivity contribution in [2.24, 2.45) is 5.73 Å². The number of hydrogen-bond acceptors (Lipinski definition) is 2. The lowest BCUT2D eigenvalue weighted by Crippen LogP contribution is -1.93. The molecule has 0 aromatic heterocycles. The fourth-order valence-electron chi connectivity index (χ4n) is 0.205. The molecule has 40 valence electrons. The first kappa shape index (κ1) is 6.21. The van der Waals surface area contributed by atoms with E-state index in [4.69, 9.17) is 5.73 Å². The van der Waals surface area contributed by atoms with E-state index in [-0.39, 0.29) is 0 Å². The minimum absolute atomic E-state index is 0.634. The van der Waals surface area contributed by atoms with Gasteiger partial charge in [0, 0.05) is 5.70 Å². The van der Waals surface area contributed by atoms with Gasteiger partial charge in [0.05, 0.1) is 0 Å². The maximum Gasteiger partial charge on any atom is 0.144 e. The summed E-state index contributed by atoms with van der Waals surface area (Å²) in [6.07, 6.45) is 2.80. The van der Waals surface area contributed by atoms with Crippen LogP contribution in [0.2, 0.25) is 0 Å². The van der Waals surface area contributed by atoms with E-state index in [2.05, 4.69) is 0 Å². The van der Waals surface area contributed by atoms with Crippen molar-refractivity contribution in [3.63, 3.8) is 0 Å². The summed E-state index contributed by atoms with van der Waals surface area (Å²) in [7, 11) is 0. The Morgan fingerprint density at radius 3 is 2.57 bits per heavy atom. The van der Waals surface area contributed by atoms with Gasteiger partial charge in [-0.25, -0.2) is 0 Å². The number of nitrogens with two attached hydrogens (primary N) is 1. The van der Waals surface area contributed by atoms with Gasteiger partial charge in [-0.3, -0.25) is 4.79 Å². The molecule has 0 aliphatic rings. The van der Waals surface area contributed by atoms with E-state index >= 15 is 0 Å². The zero-order valence-electron chi connectivity index (χ0n) is 4.35. The minimum atomic E-state index is 0.634. The molecule has 0 atom stereocenters. The number of carbonyl (C=O) groups excluding carboxylic acids is 1. The minimum Gasteiger partial charge on any atom is -0.402 e. The molecule has 0 aliphatic heterocycles. The van der Waals surface area contributed by atoms with Gasteiger partial charge in [-0.15, -0.1) is 0 Å². The van der Waals surface area contributed by atoms with Gasteiger partial charge in [0.15, 0.2) is 0 Å². The van der Waals surface area contributed by atoms with Gasteiger partial charge in [0.1, 0.15) is 6.29 Å². The third-order valence-corrected chi connectivity index (χ3v) is 0.690. The maximum atomic E-state index is 9.62. The lowest BCUT2D eigenvalue weighted by Gasteiger charge is -1.85. The van der Waals surface area contributed by atoms with E-state index < -0.39 is 0 Å². The summed E-state index contributed by atoms with van der Waals surface area (Å²) in [5, 5.41) is 0. The first-order valence-corrected chi connectivity index (χ1v) is 2.21. The van der Waals surface area contributed by atoms with Crippen molar-refractivity contribution in [1.29, 1.82) is 0 Å². The molecule has 7 heavy (non-hydrogen) atoms. The summed E-state index contributed by atoms with van der Waals surface area (Å²) >= 11 is 0. The van der Waals surface area contributed by atoms with Crippen LogP contribution in [0, 0.1) is 0 Å². The normalized spacial score (nSPS) is 11.3. The highest BCUT2D eigenvalue weighted by atomic mass is 16.1. The van der Waals surface area contributed by atoms with E-state index in [1.54, 1.807) is 0 Å².